The molecule has 0 aliphatic heterocycles. The highest BCUT2D eigenvalue weighted by atomic mass is 16.0. The first-order valence-electron chi connectivity index (χ1n) is 3.12. The molecule has 2 aromatic heterocycles. The van der Waals surface area contributed by atoms with Gasteiger partial charge in [-0.25, -0.2) is 0 Å². The first kappa shape index (κ1) is 7.63. The minimum Gasteiger partial charge on any atom is -0.412 e. The molecule has 11 heavy (non-hydrogen) atoms. The van der Waals surface area contributed by atoms with Crippen LogP contribution in [0.25, 0.3) is 11.0 Å². The summed E-state index contributed by atoms with van der Waals surface area (Å²) in [5.41, 5.74) is 1.90. The van der Waals surface area contributed by atoms with Crippen molar-refractivity contribution in [3.05, 3.63) is 36.7 Å². The van der Waals surface area contributed by atoms with Crippen molar-refractivity contribution in [1.82, 2.24) is 9.97 Å². The number of aromatic nitrogens is 2. The van der Waals surface area contributed by atoms with Gasteiger partial charge in [0.2, 0.25) is 0 Å². The average molecular weight is 148 g/mol. The Kier molecular flexibility index (Phi) is 2.13. The summed E-state index contributed by atoms with van der Waals surface area (Å²) in [6.07, 6.45) is 3.54. The van der Waals surface area contributed by atoms with Gasteiger partial charge in [0.05, 0.1) is 11.0 Å². The van der Waals surface area contributed by atoms with Gasteiger partial charge in [-0.1, -0.05) is 0 Å². The van der Waals surface area contributed by atoms with E-state index in [2.05, 4.69) is 9.97 Å². The van der Waals surface area contributed by atoms with Gasteiger partial charge < -0.3 is 5.48 Å². The molecule has 0 fully saturated rings. The smallest absolute Gasteiger partial charge is 0.0886 e. The minimum absolute atomic E-state index is 0. The van der Waals surface area contributed by atoms with Crippen LogP contribution < -0.4 is 0 Å². The zero-order valence-electron chi connectivity index (χ0n) is 5.86. The lowest BCUT2D eigenvalue weighted by Crippen LogP contribution is -1.78. The van der Waals surface area contributed by atoms with Gasteiger partial charge in [0, 0.05) is 12.4 Å². The van der Waals surface area contributed by atoms with Crippen LogP contribution in [0.15, 0.2) is 36.7 Å². The summed E-state index contributed by atoms with van der Waals surface area (Å²) >= 11 is 0. The van der Waals surface area contributed by atoms with Crippen molar-refractivity contribution in [3.8, 4) is 0 Å². The van der Waals surface area contributed by atoms with Crippen molar-refractivity contribution in [3.63, 3.8) is 0 Å². The summed E-state index contributed by atoms with van der Waals surface area (Å²) in [6, 6.07) is 7.66. The van der Waals surface area contributed by atoms with Crippen molar-refractivity contribution in [1.29, 1.82) is 0 Å². The Morgan fingerprint density at radius 1 is 0.818 bits per heavy atom. The predicted octanol–water partition coefficient (Wildman–Crippen LogP) is 0.805. The van der Waals surface area contributed by atoms with E-state index in [0.29, 0.717) is 0 Å². The second-order valence-electron chi connectivity index (χ2n) is 2.05. The van der Waals surface area contributed by atoms with Gasteiger partial charge in [0.1, 0.15) is 0 Å². The summed E-state index contributed by atoms with van der Waals surface area (Å²) in [5, 5.41) is 0. The fourth-order valence-electron chi connectivity index (χ4n) is 0.904. The molecule has 0 amide bonds. The lowest BCUT2D eigenvalue weighted by molar-refractivity contribution is 0.824. The van der Waals surface area contributed by atoms with Crippen LogP contribution in [0, 0.1) is 0 Å². The molecule has 2 N–H and O–H groups in total. The van der Waals surface area contributed by atoms with Crippen molar-refractivity contribution < 1.29 is 5.48 Å². The molecule has 0 aliphatic carbocycles. The van der Waals surface area contributed by atoms with Gasteiger partial charge in [0.25, 0.3) is 0 Å². The van der Waals surface area contributed by atoms with E-state index in [1.807, 2.05) is 24.3 Å². The van der Waals surface area contributed by atoms with Crippen LogP contribution in [0.1, 0.15) is 0 Å². The number of fused-ring (bicyclic) bond motifs is 1. The van der Waals surface area contributed by atoms with Crippen LogP contribution in [0.4, 0.5) is 0 Å². The van der Waals surface area contributed by atoms with E-state index >= 15 is 0 Å². The van der Waals surface area contributed by atoms with Crippen LogP contribution in [-0.4, -0.2) is 15.4 Å². The Morgan fingerprint density at radius 2 is 1.27 bits per heavy atom. The molecule has 2 heterocycles. The maximum Gasteiger partial charge on any atom is 0.0886 e. The summed E-state index contributed by atoms with van der Waals surface area (Å²) < 4.78 is 0. The number of rotatable bonds is 0. The number of hydrogen-bond acceptors (Lipinski definition) is 2. The molecule has 56 valence electrons. The third-order valence-electron chi connectivity index (χ3n) is 1.37. The Labute approximate surface area is 64.0 Å². The van der Waals surface area contributed by atoms with Gasteiger partial charge in [-0.15, -0.1) is 0 Å². The quantitative estimate of drug-likeness (QED) is 0.555. The van der Waals surface area contributed by atoms with E-state index < -0.39 is 0 Å². The minimum atomic E-state index is 0. The predicted molar refractivity (Wildman–Crippen MR) is 43.2 cm³/mol. The topological polar surface area (TPSA) is 57.3 Å². The molecule has 0 atom stereocenters. The van der Waals surface area contributed by atoms with E-state index in [0.717, 1.165) is 11.0 Å². The lowest BCUT2D eigenvalue weighted by atomic mass is 10.3. The van der Waals surface area contributed by atoms with Gasteiger partial charge in [-0.3, -0.25) is 9.97 Å². The van der Waals surface area contributed by atoms with Crippen molar-refractivity contribution in [2.75, 3.05) is 0 Å². The molecular formula is C8H8N2O. The SMILES string of the molecule is O.c1cnc2cccnc2c1. The lowest BCUT2D eigenvalue weighted by Gasteiger charge is -1.90. The number of pyridine rings is 2. The Morgan fingerprint density at radius 3 is 1.73 bits per heavy atom. The van der Waals surface area contributed by atoms with Gasteiger partial charge >= 0.3 is 0 Å². The normalized spacial score (nSPS) is 9.09. The van der Waals surface area contributed by atoms with E-state index in [9.17, 15) is 0 Å². The molecule has 0 radical (unpaired) electrons. The highest BCUT2D eigenvalue weighted by Crippen LogP contribution is 2.04. The molecule has 0 saturated heterocycles. The summed E-state index contributed by atoms with van der Waals surface area (Å²) in [4.78, 5) is 8.24. The summed E-state index contributed by atoms with van der Waals surface area (Å²) in [7, 11) is 0. The maximum atomic E-state index is 4.12. The van der Waals surface area contributed by atoms with Crippen LogP contribution in [0.3, 0.4) is 0 Å². The van der Waals surface area contributed by atoms with Gasteiger partial charge in [-0.2, -0.15) is 0 Å². The first-order valence-corrected chi connectivity index (χ1v) is 3.12. The third kappa shape index (κ3) is 1.33. The standard InChI is InChI=1S/C8H6N2.H2O/c1-3-7-8(9-5-1)4-2-6-10-7;/h1-6H;1H2. The fraction of sp³-hybridized carbons (Fsp3) is 0. The molecule has 0 bridgehead atoms. The van der Waals surface area contributed by atoms with Crippen molar-refractivity contribution in [2.24, 2.45) is 0 Å². The monoisotopic (exact) mass is 148 g/mol. The second kappa shape index (κ2) is 3.07. The van der Waals surface area contributed by atoms with Crippen molar-refractivity contribution >= 4 is 11.0 Å². The second-order valence-corrected chi connectivity index (χ2v) is 2.05. The maximum absolute atomic E-state index is 4.12. The van der Waals surface area contributed by atoms with E-state index in [1.165, 1.54) is 0 Å². The van der Waals surface area contributed by atoms with E-state index in [-0.39, 0.29) is 5.48 Å². The van der Waals surface area contributed by atoms with Gasteiger partial charge in [0.15, 0.2) is 0 Å². The molecule has 3 heteroatoms. The first-order chi connectivity index (χ1) is 4.97. The van der Waals surface area contributed by atoms with Crippen LogP contribution >= 0.6 is 0 Å². The Balaban J connectivity index is 0.000000605. The largest absolute Gasteiger partial charge is 0.412 e. The molecule has 2 aromatic rings. The zero-order valence-corrected chi connectivity index (χ0v) is 5.86. The number of nitrogens with zero attached hydrogens (tertiary/aromatic N) is 2. The highest BCUT2D eigenvalue weighted by molar-refractivity contribution is 5.72. The molecule has 3 nitrogen and oxygen atoms in total. The molecule has 0 saturated carbocycles. The molecule has 0 spiro atoms. The summed E-state index contributed by atoms with van der Waals surface area (Å²) in [6.45, 7) is 0. The molecule has 0 unspecified atom stereocenters. The zero-order chi connectivity index (χ0) is 6.81. The molecule has 2 rings (SSSR count). The summed E-state index contributed by atoms with van der Waals surface area (Å²) in [5.74, 6) is 0. The molecule has 0 aromatic carbocycles. The van der Waals surface area contributed by atoms with E-state index in [4.69, 9.17) is 0 Å². The third-order valence-corrected chi connectivity index (χ3v) is 1.37. The molecular weight excluding hydrogens is 140 g/mol. The highest BCUT2D eigenvalue weighted by Gasteiger charge is 1.88. The van der Waals surface area contributed by atoms with Crippen molar-refractivity contribution in [2.45, 2.75) is 0 Å². The van der Waals surface area contributed by atoms with Crippen LogP contribution in [0.2, 0.25) is 0 Å². The van der Waals surface area contributed by atoms with Gasteiger partial charge in [-0.05, 0) is 24.3 Å². The van der Waals surface area contributed by atoms with E-state index in [1.54, 1.807) is 12.4 Å². The number of hydrogen-bond donors (Lipinski definition) is 0. The Hall–Kier alpha value is -1.48. The fourth-order valence-corrected chi connectivity index (χ4v) is 0.904. The Bertz CT molecular complexity index is 283. The van der Waals surface area contributed by atoms with Crippen LogP contribution in [0.5, 0.6) is 0 Å². The average Bonchev–Trinajstić information content (AvgIpc) is 2.05. The van der Waals surface area contributed by atoms with Crippen LogP contribution in [-0.2, 0) is 0 Å². The molecule has 0 aliphatic rings.